The average Bonchev–Trinajstić information content (AvgIpc) is 2.61. The molecule has 0 radical (unpaired) electrons. The molecular weight excluding hydrogens is 310 g/mol. The quantitative estimate of drug-likeness (QED) is 0.877. The summed E-state index contributed by atoms with van der Waals surface area (Å²) in [4.78, 5) is 2.59. The van der Waals surface area contributed by atoms with Crippen molar-refractivity contribution in [3.63, 3.8) is 0 Å². The number of hydrogen-bond acceptors (Lipinski definition) is 3. The van der Waals surface area contributed by atoms with E-state index in [0.29, 0.717) is 11.8 Å². The van der Waals surface area contributed by atoms with Crippen molar-refractivity contribution in [1.82, 2.24) is 4.90 Å². The zero-order valence-corrected chi connectivity index (χ0v) is 16.3. The molecular formula is C22H35NO2. The molecule has 0 spiro atoms. The van der Waals surface area contributed by atoms with E-state index in [4.69, 9.17) is 4.74 Å². The van der Waals surface area contributed by atoms with Crippen molar-refractivity contribution in [2.75, 3.05) is 13.1 Å². The maximum Gasteiger partial charge on any atom is 0.0956 e. The van der Waals surface area contributed by atoms with Gasteiger partial charge in [0.25, 0.3) is 0 Å². The molecule has 1 aliphatic heterocycles. The van der Waals surface area contributed by atoms with Crippen LogP contribution in [-0.2, 0) is 4.74 Å². The molecule has 1 aromatic rings. The summed E-state index contributed by atoms with van der Waals surface area (Å²) in [6, 6.07) is 10.6. The third-order valence-electron chi connectivity index (χ3n) is 6.59. The van der Waals surface area contributed by atoms with Crippen LogP contribution < -0.4 is 0 Å². The summed E-state index contributed by atoms with van der Waals surface area (Å²) in [5.74, 6) is 0.989. The van der Waals surface area contributed by atoms with Gasteiger partial charge >= 0.3 is 0 Å². The van der Waals surface area contributed by atoms with Crippen LogP contribution in [0.1, 0.15) is 65.0 Å². The predicted molar refractivity (Wildman–Crippen MR) is 103 cm³/mol. The maximum absolute atomic E-state index is 10.8. The highest BCUT2D eigenvalue weighted by atomic mass is 16.5. The minimum Gasteiger partial charge on any atom is -0.393 e. The third-order valence-corrected chi connectivity index (χ3v) is 6.59. The summed E-state index contributed by atoms with van der Waals surface area (Å²) in [7, 11) is 0. The van der Waals surface area contributed by atoms with Crippen molar-refractivity contribution in [2.24, 2.45) is 11.8 Å². The van der Waals surface area contributed by atoms with Gasteiger partial charge in [0, 0.05) is 24.5 Å². The van der Waals surface area contributed by atoms with Crippen LogP contribution in [0.25, 0.3) is 0 Å². The van der Waals surface area contributed by atoms with Gasteiger partial charge in [0.1, 0.15) is 0 Å². The summed E-state index contributed by atoms with van der Waals surface area (Å²) in [6.45, 7) is 11.0. The standard InChI is InChI=1S/C22H35NO2/c1-5-18-14-23(15-21(25-18)17-9-7-6-8-10-17)22(3,4)19-12-11-16(2)13-20(19)24/h6-10,16,18-21,24H,5,11-15H2,1-4H3/t16-,18-,19-,20-,21-/m1/s1. The summed E-state index contributed by atoms with van der Waals surface area (Å²) in [5, 5.41) is 10.8. The van der Waals surface area contributed by atoms with Crippen molar-refractivity contribution in [3.05, 3.63) is 35.9 Å². The number of hydrogen-bond donors (Lipinski definition) is 1. The van der Waals surface area contributed by atoms with Crippen LogP contribution in [0.15, 0.2) is 30.3 Å². The monoisotopic (exact) mass is 345 g/mol. The van der Waals surface area contributed by atoms with Crippen LogP contribution in [-0.4, -0.2) is 40.8 Å². The lowest BCUT2D eigenvalue weighted by atomic mass is 9.70. The second-order valence-corrected chi connectivity index (χ2v) is 8.72. The van der Waals surface area contributed by atoms with E-state index in [1.165, 1.54) is 12.0 Å². The Morgan fingerprint density at radius 2 is 1.88 bits per heavy atom. The van der Waals surface area contributed by atoms with Gasteiger partial charge < -0.3 is 9.84 Å². The van der Waals surface area contributed by atoms with E-state index in [-0.39, 0.29) is 23.9 Å². The molecule has 3 heteroatoms. The van der Waals surface area contributed by atoms with Crippen LogP contribution in [0.2, 0.25) is 0 Å². The number of ether oxygens (including phenoxy) is 1. The molecule has 3 nitrogen and oxygen atoms in total. The molecule has 1 N–H and O–H groups in total. The smallest absolute Gasteiger partial charge is 0.0956 e. The van der Waals surface area contributed by atoms with Gasteiger partial charge in [-0.05, 0) is 44.6 Å². The summed E-state index contributed by atoms with van der Waals surface area (Å²) < 4.78 is 6.37. The molecule has 0 amide bonds. The second-order valence-electron chi connectivity index (χ2n) is 8.72. The van der Waals surface area contributed by atoms with Crippen LogP contribution in [0.5, 0.6) is 0 Å². The van der Waals surface area contributed by atoms with Gasteiger partial charge in [-0.25, -0.2) is 0 Å². The Morgan fingerprint density at radius 1 is 1.16 bits per heavy atom. The Kier molecular flexibility index (Phi) is 5.87. The molecule has 1 saturated carbocycles. The lowest BCUT2D eigenvalue weighted by Gasteiger charge is -2.52. The van der Waals surface area contributed by atoms with Crippen LogP contribution in [0.4, 0.5) is 0 Å². The van der Waals surface area contributed by atoms with E-state index in [9.17, 15) is 5.11 Å². The van der Waals surface area contributed by atoms with Crippen LogP contribution in [0.3, 0.4) is 0 Å². The molecule has 0 aromatic heterocycles. The Morgan fingerprint density at radius 3 is 2.52 bits per heavy atom. The molecule has 5 atom stereocenters. The molecule has 0 unspecified atom stereocenters. The molecule has 2 fully saturated rings. The van der Waals surface area contributed by atoms with Crippen molar-refractivity contribution >= 4 is 0 Å². The first kappa shape index (κ1) is 18.9. The number of aliphatic hydroxyl groups excluding tert-OH is 1. The van der Waals surface area contributed by atoms with E-state index in [1.54, 1.807) is 0 Å². The number of aliphatic hydroxyl groups is 1. The highest BCUT2D eigenvalue weighted by Crippen LogP contribution is 2.41. The van der Waals surface area contributed by atoms with Crippen molar-refractivity contribution in [3.8, 4) is 0 Å². The number of morpholine rings is 1. The molecule has 1 aliphatic carbocycles. The van der Waals surface area contributed by atoms with Crippen LogP contribution in [0, 0.1) is 11.8 Å². The molecule has 1 aromatic carbocycles. The van der Waals surface area contributed by atoms with Gasteiger partial charge in [0.2, 0.25) is 0 Å². The fourth-order valence-electron chi connectivity index (χ4n) is 4.80. The Bertz CT molecular complexity index is 544. The normalized spacial score (nSPS) is 34.8. The van der Waals surface area contributed by atoms with E-state index in [2.05, 4.69) is 62.9 Å². The Balaban J connectivity index is 1.79. The molecule has 0 bridgehead atoms. The Labute approximate surface area is 153 Å². The fraction of sp³-hybridized carbons (Fsp3) is 0.727. The topological polar surface area (TPSA) is 32.7 Å². The highest BCUT2D eigenvalue weighted by Gasteiger charge is 2.44. The molecule has 3 rings (SSSR count). The Hall–Kier alpha value is -0.900. The predicted octanol–water partition coefficient (Wildman–Crippen LogP) is 4.41. The van der Waals surface area contributed by atoms with Crippen LogP contribution >= 0.6 is 0 Å². The number of nitrogens with zero attached hydrogens (tertiary/aromatic N) is 1. The lowest BCUT2D eigenvalue weighted by Crippen LogP contribution is -2.59. The van der Waals surface area contributed by atoms with Crippen molar-refractivity contribution < 1.29 is 9.84 Å². The van der Waals surface area contributed by atoms with Crippen molar-refractivity contribution in [1.29, 1.82) is 0 Å². The SMILES string of the molecule is CC[C@@H]1CN(C(C)(C)[C@@H]2CC[C@@H](C)C[C@H]2O)C[C@H](c2ccccc2)O1. The average molecular weight is 346 g/mol. The minimum atomic E-state index is -0.183. The number of rotatable bonds is 4. The maximum atomic E-state index is 10.8. The molecule has 140 valence electrons. The second kappa shape index (κ2) is 7.77. The zero-order chi connectivity index (χ0) is 18.0. The fourth-order valence-corrected chi connectivity index (χ4v) is 4.80. The summed E-state index contributed by atoms with van der Waals surface area (Å²) in [6.07, 6.45) is 4.53. The van der Waals surface area contributed by atoms with E-state index in [0.717, 1.165) is 32.4 Å². The van der Waals surface area contributed by atoms with Crippen molar-refractivity contribution in [2.45, 2.75) is 77.2 Å². The minimum absolute atomic E-state index is 0.0101. The van der Waals surface area contributed by atoms with Gasteiger partial charge in [-0.15, -0.1) is 0 Å². The van der Waals surface area contributed by atoms with E-state index in [1.807, 2.05) is 0 Å². The zero-order valence-electron chi connectivity index (χ0n) is 16.3. The third kappa shape index (κ3) is 4.10. The molecule has 1 heterocycles. The van der Waals surface area contributed by atoms with E-state index < -0.39 is 0 Å². The molecule has 1 saturated heterocycles. The molecule has 2 aliphatic rings. The highest BCUT2D eigenvalue weighted by molar-refractivity contribution is 5.19. The van der Waals surface area contributed by atoms with Gasteiger partial charge in [0.05, 0.1) is 18.3 Å². The first-order valence-electron chi connectivity index (χ1n) is 10.0. The lowest BCUT2D eigenvalue weighted by molar-refractivity contribution is -0.138. The summed E-state index contributed by atoms with van der Waals surface area (Å²) >= 11 is 0. The van der Waals surface area contributed by atoms with E-state index >= 15 is 0 Å². The van der Waals surface area contributed by atoms with Gasteiger partial charge in [-0.3, -0.25) is 4.90 Å². The largest absolute Gasteiger partial charge is 0.393 e. The first-order valence-corrected chi connectivity index (χ1v) is 10.0. The van der Waals surface area contributed by atoms with Gasteiger partial charge in [-0.1, -0.05) is 50.6 Å². The molecule has 25 heavy (non-hydrogen) atoms. The summed E-state index contributed by atoms with van der Waals surface area (Å²) in [5.41, 5.74) is 1.25. The van der Waals surface area contributed by atoms with Gasteiger partial charge in [0.15, 0.2) is 0 Å². The van der Waals surface area contributed by atoms with Gasteiger partial charge in [-0.2, -0.15) is 0 Å². The first-order chi connectivity index (χ1) is 11.9. The number of benzene rings is 1.